The van der Waals surface area contributed by atoms with Crippen LogP contribution < -0.4 is 5.32 Å². The first-order valence-electron chi connectivity index (χ1n) is 7.16. The number of anilines is 1. The average molecular weight is 278 g/mol. The Kier molecular flexibility index (Phi) is 6.02. The predicted octanol–water partition coefficient (Wildman–Crippen LogP) is 3.22. The first-order valence-corrected chi connectivity index (χ1v) is 7.16. The molecule has 2 N–H and O–H groups in total. The maximum absolute atomic E-state index is 11.0. The van der Waals surface area contributed by atoms with E-state index in [0.29, 0.717) is 17.6 Å². The van der Waals surface area contributed by atoms with Crippen LogP contribution in [0.25, 0.3) is 0 Å². The van der Waals surface area contributed by atoms with Crippen molar-refractivity contribution in [1.29, 1.82) is 0 Å². The highest BCUT2D eigenvalue weighted by Crippen LogP contribution is 2.15. The Balaban J connectivity index is 2.58. The van der Waals surface area contributed by atoms with Crippen molar-refractivity contribution in [3.63, 3.8) is 0 Å². The SMILES string of the molecule is Cc1cc(NCCN(C(C)C)C(C)C)ccc1C(=O)O. The van der Waals surface area contributed by atoms with Gasteiger partial charge in [-0.2, -0.15) is 0 Å². The molecular weight excluding hydrogens is 252 g/mol. The van der Waals surface area contributed by atoms with Crippen LogP contribution in [0.5, 0.6) is 0 Å². The number of carboxylic acids is 1. The maximum Gasteiger partial charge on any atom is 0.335 e. The van der Waals surface area contributed by atoms with Gasteiger partial charge in [-0.25, -0.2) is 4.79 Å². The summed E-state index contributed by atoms with van der Waals surface area (Å²) < 4.78 is 0. The summed E-state index contributed by atoms with van der Waals surface area (Å²) in [5.41, 5.74) is 2.12. The van der Waals surface area contributed by atoms with Gasteiger partial charge in [0, 0.05) is 30.9 Å². The largest absolute Gasteiger partial charge is 0.478 e. The van der Waals surface area contributed by atoms with Gasteiger partial charge in [-0.1, -0.05) is 0 Å². The third kappa shape index (κ3) is 4.53. The molecule has 0 aromatic heterocycles. The van der Waals surface area contributed by atoms with Crippen molar-refractivity contribution in [2.24, 2.45) is 0 Å². The Bertz CT molecular complexity index is 448. The Labute approximate surface area is 121 Å². The molecule has 1 rings (SSSR count). The number of carboxylic acid groups (broad SMARTS) is 1. The first-order chi connectivity index (χ1) is 9.32. The lowest BCUT2D eigenvalue weighted by atomic mass is 10.1. The highest BCUT2D eigenvalue weighted by Gasteiger charge is 2.12. The van der Waals surface area contributed by atoms with Crippen LogP contribution in [0.2, 0.25) is 0 Å². The molecule has 0 atom stereocenters. The molecule has 1 aromatic rings. The molecule has 0 saturated heterocycles. The van der Waals surface area contributed by atoms with Crippen molar-refractivity contribution < 1.29 is 9.90 Å². The van der Waals surface area contributed by atoms with Crippen molar-refractivity contribution in [2.75, 3.05) is 18.4 Å². The van der Waals surface area contributed by atoms with E-state index >= 15 is 0 Å². The summed E-state index contributed by atoms with van der Waals surface area (Å²) in [4.78, 5) is 13.4. The normalized spacial score (nSPS) is 11.4. The van der Waals surface area contributed by atoms with Gasteiger partial charge in [-0.15, -0.1) is 0 Å². The quantitative estimate of drug-likeness (QED) is 0.804. The Morgan fingerprint density at radius 3 is 2.30 bits per heavy atom. The number of hydrogen-bond acceptors (Lipinski definition) is 3. The molecule has 0 bridgehead atoms. The van der Waals surface area contributed by atoms with Gasteiger partial charge in [0.2, 0.25) is 0 Å². The number of carbonyl (C=O) groups is 1. The molecule has 0 aliphatic carbocycles. The summed E-state index contributed by atoms with van der Waals surface area (Å²) in [7, 11) is 0. The third-order valence-electron chi connectivity index (χ3n) is 3.48. The summed E-state index contributed by atoms with van der Waals surface area (Å²) in [5, 5.41) is 12.4. The van der Waals surface area contributed by atoms with E-state index in [0.717, 1.165) is 24.3 Å². The highest BCUT2D eigenvalue weighted by atomic mass is 16.4. The molecule has 4 nitrogen and oxygen atoms in total. The van der Waals surface area contributed by atoms with Gasteiger partial charge < -0.3 is 10.4 Å². The fourth-order valence-electron chi connectivity index (χ4n) is 2.46. The Morgan fingerprint density at radius 1 is 1.25 bits per heavy atom. The van der Waals surface area contributed by atoms with Crippen LogP contribution in [0.1, 0.15) is 43.6 Å². The fraction of sp³-hybridized carbons (Fsp3) is 0.562. The van der Waals surface area contributed by atoms with E-state index in [1.807, 2.05) is 19.1 Å². The van der Waals surface area contributed by atoms with E-state index in [1.165, 1.54) is 0 Å². The molecule has 0 saturated carbocycles. The molecule has 0 heterocycles. The minimum Gasteiger partial charge on any atom is -0.478 e. The third-order valence-corrected chi connectivity index (χ3v) is 3.48. The summed E-state index contributed by atoms with van der Waals surface area (Å²) in [6.45, 7) is 12.4. The number of nitrogens with one attached hydrogen (secondary N) is 1. The molecule has 112 valence electrons. The zero-order valence-electron chi connectivity index (χ0n) is 13.1. The second-order valence-corrected chi connectivity index (χ2v) is 5.69. The van der Waals surface area contributed by atoms with Gasteiger partial charge in [0.1, 0.15) is 0 Å². The standard InChI is InChI=1S/C16H26N2O2/c1-11(2)18(12(3)4)9-8-17-14-6-7-15(16(19)20)13(5)10-14/h6-7,10-12,17H,8-9H2,1-5H3,(H,19,20). The second kappa shape index (κ2) is 7.29. The molecular formula is C16H26N2O2. The number of benzene rings is 1. The Hall–Kier alpha value is -1.55. The van der Waals surface area contributed by atoms with Crippen molar-refractivity contribution in [1.82, 2.24) is 4.90 Å². The molecule has 1 aromatic carbocycles. The lowest BCUT2D eigenvalue weighted by molar-refractivity contribution is 0.0696. The van der Waals surface area contributed by atoms with E-state index in [-0.39, 0.29) is 0 Å². The monoisotopic (exact) mass is 278 g/mol. The number of hydrogen-bond donors (Lipinski definition) is 2. The van der Waals surface area contributed by atoms with Gasteiger partial charge >= 0.3 is 5.97 Å². The zero-order chi connectivity index (χ0) is 15.3. The van der Waals surface area contributed by atoms with E-state index < -0.39 is 5.97 Å². The number of rotatable bonds is 7. The summed E-state index contributed by atoms with van der Waals surface area (Å²) in [6.07, 6.45) is 0. The topological polar surface area (TPSA) is 52.6 Å². The van der Waals surface area contributed by atoms with Gasteiger partial charge in [-0.3, -0.25) is 4.90 Å². The van der Waals surface area contributed by atoms with Crippen LogP contribution in [-0.4, -0.2) is 41.1 Å². The van der Waals surface area contributed by atoms with Crippen LogP contribution >= 0.6 is 0 Å². The van der Waals surface area contributed by atoms with Crippen LogP contribution in [0.4, 0.5) is 5.69 Å². The van der Waals surface area contributed by atoms with E-state index in [9.17, 15) is 4.79 Å². The van der Waals surface area contributed by atoms with Crippen LogP contribution in [0.15, 0.2) is 18.2 Å². The molecule has 0 fully saturated rings. The lowest BCUT2D eigenvalue weighted by Crippen LogP contribution is -2.40. The van der Waals surface area contributed by atoms with E-state index in [1.54, 1.807) is 6.07 Å². The minimum absolute atomic E-state index is 0.363. The summed E-state index contributed by atoms with van der Waals surface area (Å²) in [5.74, 6) is -0.875. The average Bonchev–Trinajstić information content (AvgIpc) is 2.33. The molecule has 4 heteroatoms. The maximum atomic E-state index is 11.0. The van der Waals surface area contributed by atoms with E-state index in [2.05, 4.69) is 37.9 Å². The van der Waals surface area contributed by atoms with Crippen molar-refractivity contribution in [3.8, 4) is 0 Å². The first kappa shape index (κ1) is 16.5. The van der Waals surface area contributed by atoms with Crippen molar-refractivity contribution >= 4 is 11.7 Å². The molecule has 0 unspecified atom stereocenters. The van der Waals surface area contributed by atoms with E-state index in [4.69, 9.17) is 5.11 Å². The number of nitrogens with zero attached hydrogens (tertiary/aromatic N) is 1. The van der Waals surface area contributed by atoms with Crippen molar-refractivity contribution in [3.05, 3.63) is 29.3 Å². The molecule has 0 spiro atoms. The predicted molar refractivity (Wildman–Crippen MR) is 83.6 cm³/mol. The van der Waals surface area contributed by atoms with Gasteiger partial charge in [0.05, 0.1) is 5.56 Å². The molecule has 0 aliphatic rings. The van der Waals surface area contributed by atoms with Crippen molar-refractivity contribution in [2.45, 2.75) is 46.7 Å². The van der Waals surface area contributed by atoms with Gasteiger partial charge in [-0.05, 0) is 58.4 Å². The highest BCUT2D eigenvalue weighted by molar-refractivity contribution is 5.89. The van der Waals surface area contributed by atoms with Gasteiger partial charge in [0.25, 0.3) is 0 Å². The van der Waals surface area contributed by atoms with Crippen LogP contribution in [-0.2, 0) is 0 Å². The fourth-order valence-corrected chi connectivity index (χ4v) is 2.46. The molecule has 0 amide bonds. The minimum atomic E-state index is -0.875. The molecule has 0 radical (unpaired) electrons. The summed E-state index contributed by atoms with van der Waals surface area (Å²) in [6, 6.07) is 6.41. The molecule has 0 aliphatic heterocycles. The zero-order valence-corrected chi connectivity index (χ0v) is 13.1. The number of aryl methyl sites for hydroxylation is 1. The van der Waals surface area contributed by atoms with Gasteiger partial charge in [0.15, 0.2) is 0 Å². The smallest absolute Gasteiger partial charge is 0.335 e. The van der Waals surface area contributed by atoms with Crippen LogP contribution in [0.3, 0.4) is 0 Å². The second-order valence-electron chi connectivity index (χ2n) is 5.69. The molecule has 20 heavy (non-hydrogen) atoms. The summed E-state index contributed by atoms with van der Waals surface area (Å²) >= 11 is 0. The Morgan fingerprint density at radius 2 is 1.85 bits per heavy atom. The van der Waals surface area contributed by atoms with Crippen LogP contribution in [0, 0.1) is 6.92 Å². The lowest BCUT2D eigenvalue weighted by Gasteiger charge is -2.30. The number of aromatic carboxylic acids is 1.